The van der Waals surface area contributed by atoms with Gasteiger partial charge in [0.1, 0.15) is 5.75 Å². The third-order valence-electron chi connectivity index (χ3n) is 4.61. The van der Waals surface area contributed by atoms with Gasteiger partial charge in [0.25, 0.3) is 5.91 Å². The standard InChI is InChI=1S/C21H18N2O2/c24-19-13-12-15-7-2-4-10-17(15)20(19)21(25)23-22-18-11-5-8-14-6-1-3-9-16(14)18/h1-4,6-7,9-10,12-13,24H,5,8,11H2,(H,23,25). The number of carbonyl (C=O) groups excluding carboxylic acids is 1. The maximum Gasteiger partial charge on any atom is 0.275 e. The average molecular weight is 330 g/mol. The van der Waals surface area contributed by atoms with E-state index in [4.69, 9.17) is 0 Å². The van der Waals surface area contributed by atoms with Crippen LogP contribution in [0.1, 0.15) is 34.3 Å². The summed E-state index contributed by atoms with van der Waals surface area (Å²) in [5.41, 5.74) is 6.12. The highest BCUT2D eigenvalue weighted by Crippen LogP contribution is 2.27. The molecule has 4 nitrogen and oxygen atoms in total. The van der Waals surface area contributed by atoms with E-state index in [0.717, 1.165) is 35.9 Å². The van der Waals surface area contributed by atoms with Crippen molar-refractivity contribution >= 4 is 22.4 Å². The Morgan fingerprint density at radius 1 is 0.960 bits per heavy atom. The molecular formula is C21H18N2O2. The SMILES string of the molecule is O=C(NN=C1CCCc2ccccc21)c1c(O)ccc2ccccc12. The summed E-state index contributed by atoms with van der Waals surface area (Å²) >= 11 is 0. The number of hydrogen-bond acceptors (Lipinski definition) is 3. The number of phenols is 1. The molecule has 0 bridgehead atoms. The smallest absolute Gasteiger partial charge is 0.275 e. The molecule has 0 aromatic heterocycles. The molecule has 0 heterocycles. The zero-order chi connectivity index (χ0) is 17.2. The van der Waals surface area contributed by atoms with Crippen LogP contribution in [0.15, 0.2) is 65.8 Å². The Morgan fingerprint density at radius 3 is 2.68 bits per heavy atom. The summed E-state index contributed by atoms with van der Waals surface area (Å²) < 4.78 is 0. The van der Waals surface area contributed by atoms with Crippen molar-refractivity contribution in [1.29, 1.82) is 0 Å². The van der Waals surface area contributed by atoms with Crippen LogP contribution in [-0.4, -0.2) is 16.7 Å². The minimum absolute atomic E-state index is 0.0413. The van der Waals surface area contributed by atoms with Crippen LogP contribution in [0, 0.1) is 0 Å². The van der Waals surface area contributed by atoms with E-state index in [1.54, 1.807) is 12.1 Å². The maximum atomic E-state index is 12.7. The first-order chi connectivity index (χ1) is 12.2. The average Bonchev–Trinajstić information content (AvgIpc) is 2.66. The molecule has 1 aliphatic carbocycles. The van der Waals surface area contributed by atoms with Gasteiger partial charge in [-0.25, -0.2) is 5.43 Å². The second-order valence-electron chi connectivity index (χ2n) is 6.19. The number of aromatic hydroxyl groups is 1. The Balaban J connectivity index is 1.67. The van der Waals surface area contributed by atoms with Gasteiger partial charge in [-0.2, -0.15) is 5.10 Å². The first-order valence-electron chi connectivity index (χ1n) is 8.40. The summed E-state index contributed by atoms with van der Waals surface area (Å²) in [6, 6.07) is 19.0. The number of hydrazone groups is 1. The van der Waals surface area contributed by atoms with Crippen LogP contribution in [0.3, 0.4) is 0 Å². The number of benzene rings is 3. The highest BCUT2D eigenvalue weighted by molar-refractivity contribution is 6.10. The summed E-state index contributed by atoms with van der Waals surface area (Å²) in [4.78, 5) is 12.7. The maximum absolute atomic E-state index is 12.7. The molecule has 0 unspecified atom stereocenters. The van der Waals surface area contributed by atoms with Gasteiger partial charge in [-0.05, 0) is 41.7 Å². The molecule has 3 aromatic rings. The van der Waals surface area contributed by atoms with Crippen LogP contribution < -0.4 is 5.43 Å². The van der Waals surface area contributed by atoms with Crippen molar-refractivity contribution < 1.29 is 9.90 Å². The predicted octanol–water partition coefficient (Wildman–Crippen LogP) is 4.02. The monoisotopic (exact) mass is 330 g/mol. The fourth-order valence-electron chi connectivity index (χ4n) is 3.39. The van der Waals surface area contributed by atoms with Crippen LogP contribution in [0.4, 0.5) is 0 Å². The molecule has 0 aliphatic heterocycles. The number of aryl methyl sites for hydroxylation is 1. The van der Waals surface area contributed by atoms with E-state index in [1.807, 2.05) is 42.5 Å². The lowest BCUT2D eigenvalue weighted by atomic mass is 9.90. The van der Waals surface area contributed by atoms with E-state index >= 15 is 0 Å². The molecular weight excluding hydrogens is 312 g/mol. The Kier molecular flexibility index (Phi) is 3.94. The quantitative estimate of drug-likeness (QED) is 0.697. The lowest BCUT2D eigenvalue weighted by Gasteiger charge is -2.17. The minimum atomic E-state index is -0.398. The Hall–Kier alpha value is -3.14. The number of nitrogens with one attached hydrogen (secondary N) is 1. The Morgan fingerprint density at radius 2 is 1.76 bits per heavy atom. The lowest BCUT2D eigenvalue weighted by molar-refractivity contribution is 0.0954. The second kappa shape index (κ2) is 6.40. The summed E-state index contributed by atoms with van der Waals surface area (Å²) in [7, 11) is 0. The lowest BCUT2D eigenvalue weighted by Crippen LogP contribution is -2.22. The van der Waals surface area contributed by atoms with Crippen LogP contribution in [0.2, 0.25) is 0 Å². The first-order valence-corrected chi connectivity index (χ1v) is 8.40. The molecule has 3 aromatic carbocycles. The van der Waals surface area contributed by atoms with Crippen LogP contribution in [0.25, 0.3) is 10.8 Å². The Bertz CT molecular complexity index is 992. The van der Waals surface area contributed by atoms with E-state index in [0.29, 0.717) is 5.39 Å². The van der Waals surface area contributed by atoms with Crippen molar-refractivity contribution in [3.63, 3.8) is 0 Å². The van der Waals surface area contributed by atoms with Crippen molar-refractivity contribution in [3.05, 3.63) is 77.4 Å². The highest BCUT2D eigenvalue weighted by Gasteiger charge is 2.17. The molecule has 0 radical (unpaired) electrons. The molecule has 0 atom stereocenters. The van der Waals surface area contributed by atoms with E-state index in [-0.39, 0.29) is 11.3 Å². The van der Waals surface area contributed by atoms with Gasteiger partial charge in [0.15, 0.2) is 0 Å². The molecule has 1 amide bonds. The number of hydrogen-bond donors (Lipinski definition) is 2. The molecule has 124 valence electrons. The van der Waals surface area contributed by atoms with Crippen LogP contribution in [-0.2, 0) is 6.42 Å². The number of nitrogens with zero attached hydrogens (tertiary/aromatic N) is 1. The normalized spacial score (nSPS) is 15.1. The zero-order valence-electron chi connectivity index (χ0n) is 13.7. The summed E-state index contributed by atoms with van der Waals surface area (Å²) in [6.07, 6.45) is 2.89. The Labute approximate surface area is 145 Å². The van der Waals surface area contributed by atoms with E-state index in [2.05, 4.69) is 16.6 Å². The number of fused-ring (bicyclic) bond motifs is 2. The van der Waals surface area contributed by atoms with Crippen molar-refractivity contribution in [2.24, 2.45) is 5.10 Å². The summed E-state index contributed by atoms with van der Waals surface area (Å²) in [6.45, 7) is 0. The van der Waals surface area contributed by atoms with Gasteiger partial charge >= 0.3 is 0 Å². The van der Waals surface area contributed by atoms with Crippen LogP contribution in [0.5, 0.6) is 5.75 Å². The molecule has 0 spiro atoms. The van der Waals surface area contributed by atoms with Gasteiger partial charge in [0, 0.05) is 5.56 Å². The molecule has 1 aliphatic rings. The number of amides is 1. The highest BCUT2D eigenvalue weighted by atomic mass is 16.3. The van der Waals surface area contributed by atoms with Gasteiger partial charge in [-0.1, -0.05) is 54.6 Å². The fourth-order valence-corrected chi connectivity index (χ4v) is 3.39. The predicted molar refractivity (Wildman–Crippen MR) is 99.0 cm³/mol. The van der Waals surface area contributed by atoms with Crippen molar-refractivity contribution in [2.75, 3.05) is 0 Å². The molecule has 4 heteroatoms. The summed E-state index contributed by atoms with van der Waals surface area (Å²) in [5.74, 6) is -0.440. The van der Waals surface area contributed by atoms with Gasteiger partial charge < -0.3 is 5.11 Å². The zero-order valence-corrected chi connectivity index (χ0v) is 13.7. The largest absolute Gasteiger partial charge is 0.507 e. The van der Waals surface area contributed by atoms with E-state index < -0.39 is 5.91 Å². The molecule has 2 N–H and O–H groups in total. The second-order valence-corrected chi connectivity index (χ2v) is 6.19. The van der Waals surface area contributed by atoms with E-state index in [9.17, 15) is 9.90 Å². The van der Waals surface area contributed by atoms with Gasteiger partial charge in [0.05, 0.1) is 11.3 Å². The minimum Gasteiger partial charge on any atom is -0.507 e. The van der Waals surface area contributed by atoms with Crippen molar-refractivity contribution in [2.45, 2.75) is 19.3 Å². The number of carbonyl (C=O) groups is 1. The molecule has 0 saturated heterocycles. The summed E-state index contributed by atoms with van der Waals surface area (Å²) in [5, 5.41) is 16.1. The van der Waals surface area contributed by atoms with E-state index in [1.165, 1.54) is 5.56 Å². The van der Waals surface area contributed by atoms with Gasteiger partial charge in [-0.3, -0.25) is 4.79 Å². The van der Waals surface area contributed by atoms with Crippen LogP contribution >= 0.6 is 0 Å². The fraction of sp³-hybridized carbons (Fsp3) is 0.143. The van der Waals surface area contributed by atoms with Crippen molar-refractivity contribution in [3.8, 4) is 5.75 Å². The molecule has 0 saturated carbocycles. The number of rotatable bonds is 2. The number of phenolic OH excluding ortho intramolecular Hbond substituents is 1. The van der Waals surface area contributed by atoms with Gasteiger partial charge in [-0.15, -0.1) is 0 Å². The third-order valence-corrected chi connectivity index (χ3v) is 4.61. The van der Waals surface area contributed by atoms with Gasteiger partial charge in [0.2, 0.25) is 0 Å². The topological polar surface area (TPSA) is 61.7 Å². The molecule has 25 heavy (non-hydrogen) atoms. The first kappa shape index (κ1) is 15.4. The molecule has 0 fully saturated rings. The third kappa shape index (κ3) is 2.87. The van der Waals surface area contributed by atoms with Crippen molar-refractivity contribution in [1.82, 2.24) is 5.43 Å². The molecule has 4 rings (SSSR count).